The molecule has 6 heteroatoms. The Hall–Kier alpha value is -1.40. The van der Waals surface area contributed by atoms with Gasteiger partial charge in [-0.3, -0.25) is 0 Å². The van der Waals surface area contributed by atoms with Crippen molar-refractivity contribution >= 4 is 15.8 Å². The van der Waals surface area contributed by atoms with Gasteiger partial charge in [-0.1, -0.05) is 13.0 Å². The summed E-state index contributed by atoms with van der Waals surface area (Å²) >= 11 is 0. The van der Waals surface area contributed by atoms with Gasteiger partial charge in [-0.2, -0.15) is 0 Å². The first kappa shape index (κ1) is 16.7. The Morgan fingerprint density at radius 1 is 1.30 bits per heavy atom. The first-order chi connectivity index (χ1) is 9.27. The molecular formula is C14H21NO4S. The summed E-state index contributed by atoms with van der Waals surface area (Å²) < 4.78 is 24.7. The second-order valence-electron chi connectivity index (χ2n) is 4.96. The zero-order chi connectivity index (χ0) is 15.3. The van der Waals surface area contributed by atoms with Gasteiger partial charge in [0, 0.05) is 0 Å². The molecule has 1 N–H and O–H groups in total. The average Bonchev–Trinajstić information content (AvgIpc) is 2.37. The van der Waals surface area contributed by atoms with E-state index < -0.39 is 15.8 Å². The lowest BCUT2D eigenvalue weighted by molar-refractivity contribution is 0.0696. The lowest BCUT2D eigenvalue weighted by Gasteiger charge is -2.12. The van der Waals surface area contributed by atoms with E-state index in [1.54, 1.807) is 6.07 Å². The minimum absolute atomic E-state index is 0.00776. The number of hydrogen-bond donors (Lipinski definition) is 1. The summed E-state index contributed by atoms with van der Waals surface area (Å²) in [5.74, 6) is -1.08. The van der Waals surface area contributed by atoms with Crippen molar-refractivity contribution in [2.45, 2.75) is 24.7 Å². The van der Waals surface area contributed by atoms with E-state index >= 15 is 0 Å². The minimum atomic E-state index is -3.44. The third kappa shape index (κ3) is 4.31. The number of aromatic carboxylic acids is 1. The highest BCUT2D eigenvalue weighted by molar-refractivity contribution is 7.91. The zero-order valence-corrected chi connectivity index (χ0v) is 12.9. The molecule has 0 aromatic heterocycles. The highest BCUT2D eigenvalue weighted by Gasteiger charge is 2.19. The Morgan fingerprint density at radius 3 is 2.45 bits per heavy atom. The molecule has 1 aromatic carbocycles. The molecule has 5 nitrogen and oxygen atoms in total. The minimum Gasteiger partial charge on any atom is -0.478 e. The number of benzene rings is 1. The van der Waals surface area contributed by atoms with Crippen LogP contribution in [0.2, 0.25) is 0 Å². The zero-order valence-electron chi connectivity index (χ0n) is 12.1. The summed E-state index contributed by atoms with van der Waals surface area (Å²) in [5.41, 5.74) is 0.674. The maximum absolute atomic E-state index is 12.4. The molecule has 1 rings (SSSR count). The number of nitrogens with zero attached hydrogens (tertiary/aromatic N) is 1. The normalized spacial score (nSPS) is 11.8. The molecule has 0 bridgehead atoms. The molecule has 20 heavy (non-hydrogen) atoms. The molecule has 0 aliphatic carbocycles. The third-order valence-electron chi connectivity index (χ3n) is 3.05. The highest BCUT2D eigenvalue weighted by atomic mass is 32.2. The van der Waals surface area contributed by atoms with Gasteiger partial charge in [0.05, 0.1) is 16.2 Å². The van der Waals surface area contributed by atoms with Crippen LogP contribution in [0.1, 0.15) is 29.3 Å². The summed E-state index contributed by atoms with van der Waals surface area (Å²) in [7, 11) is 0.323. The van der Waals surface area contributed by atoms with Crippen LogP contribution in [0.15, 0.2) is 23.1 Å². The topological polar surface area (TPSA) is 74.7 Å². The van der Waals surface area contributed by atoms with Crippen molar-refractivity contribution in [3.8, 4) is 0 Å². The van der Waals surface area contributed by atoms with E-state index in [0.717, 1.165) is 0 Å². The van der Waals surface area contributed by atoms with Crippen molar-refractivity contribution in [1.82, 2.24) is 4.90 Å². The van der Waals surface area contributed by atoms with E-state index in [9.17, 15) is 13.2 Å². The number of carbonyl (C=O) groups is 1. The SMILES string of the molecule is CCc1ccc(C(=O)O)cc1S(=O)(=O)CCCN(C)C. The second kappa shape index (κ2) is 6.85. The van der Waals surface area contributed by atoms with E-state index in [2.05, 4.69) is 0 Å². The van der Waals surface area contributed by atoms with Gasteiger partial charge in [0.1, 0.15) is 0 Å². The molecule has 1 aromatic rings. The molecule has 0 saturated carbocycles. The van der Waals surface area contributed by atoms with Crippen molar-refractivity contribution in [2.75, 3.05) is 26.4 Å². The Labute approximate surface area is 120 Å². The van der Waals surface area contributed by atoms with Crippen molar-refractivity contribution in [3.63, 3.8) is 0 Å². The fourth-order valence-electron chi connectivity index (χ4n) is 1.95. The summed E-state index contributed by atoms with van der Waals surface area (Å²) in [6, 6.07) is 4.30. The molecule has 0 fully saturated rings. The Bertz CT molecular complexity index is 579. The molecule has 0 amide bonds. The molecule has 0 aliphatic rings. The van der Waals surface area contributed by atoms with E-state index in [1.165, 1.54) is 12.1 Å². The van der Waals surface area contributed by atoms with Crippen LogP contribution in [0, 0.1) is 0 Å². The van der Waals surface area contributed by atoms with E-state index in [-0.39, 0.29) is 16.2 Å². The van der Waals surface area contributed by atoms with Crippen LogP contribution < -0.4 is 0 Å². The van der Waals surface area contributed by atoms with Gasteiger partial charge in [-0.15, -0.1) is 0 Å². The molecule has 0 unspecified atom stereocenters. The molecule has 0 heterocycles. The number of carboxylic acid groups (broad SMARTS) is 1. The Morgan fingerprint density at radius 2 is 1.95 bits per heavy atom. The van der Waals surface area contributed by atoms with Crippen molar-refractivity contribution in [2.24, 2.45) is 0 Å². The largest absolute Gasteiger partial charge is 0.478 e. The highest BCUT2D eigenvalue weighted by Crippen LogP contribution is 2.20. The number of carboxylic acids is 1. The van der Waals surface area contributed by atoms with Gasteiger partial charge < -0.3 is 10.0 Å². The molecular weight excluding hydrogens is 278 g/mol. The Kier molecular flexibility index (Phi) is 5.71. The van der Waals surface area contributed by atoms with Gasteiger partial charge in [0.25, 0.3) is 0 Å². The predicted octanol–water partition coefficient (Wildman–Crippen LogP) is 1.67. The smallest absolute Gasteiger partial charge is 0.335 e. The van der Waals surface area contributed by atoms with Gasteiger partial charge in [0.2, 0.25) is 0 Å². The van der Waals surface area contributed by atoms with Crippen LogP contribution in [0.25, 0.3) is 0 Å². The molecule has 0 radical (unpaired) electrons. The van der Waals surface area contributed by atoms with Gasteiger partial charge >= 0.3 is 5.97 Å². The van der Waals surface area contributed by atoms with E-state index in [0.29, 0.717) is 24.9 Å². The lowest BCUT2D eigenvalue weighted by Crippen LogP contribution is -2.18. The molecule has 0 atom stereocenters. The summed E-state index contributed by atoms with van der Waals surface area (Å²) in [4.78, 5) is 13.1. The van der Waals surface area contributed by atoms with Crippen LogP contribution in [0.4, 0.5) is 0 Å². The second-order valence-corrected chi connectivity index (χ2v) is 7.03. The summed E-state index contributed by atoms with van der Waals surface area (Å²) in [6.07, 6.45) is 1.08. The van der Waals surface area contributed by atoms with Crippen molar-refractivity contribution < 1.29 is 18.3 Å². The van der Waals surface area contributed by atoms with Crippen LogP contribution in [-0.2, 0) is 16.3 Å². The maximum Gasteiger partial charge on any atom is 0.335 e. The van der Waals surface area contributed by atoms with Crippen LogP contribution in [0.3, 0.4) is 0 Å². The lowest BCUT2D eigenvalue weighted by atomic mass is 10.1. The van der Waals surface area contributed by atoms with Crippen molar-refractivity contribution in [3.05, 3.63) is 29.3 Å². The molecule has 0 spiro atoms. The van der Waals surface area contributed by atoms with Crippen LogP contribution >= 0.6 is 0 Å². The summed E-state index contributed by atoms with van der Waals surface area (Å²) in [6.45, 7) is 2.54. The number of hydrogen-bond acceptors (Lipinski definition) is 4. The van der Waals surface area contributed by atoms with Gasteiger partial charge in [-0.25, -0.2) is 13.2 Å². The molecule has 0 saturated heterocycles. The quantitative estimate of drug-likeness (QED) is 0.829. The first-order valence-corrected chi connectivity index (χ1v) is 8.17. The molecule has 112 valence electrons. The Balaban J connectivity index is 3.08. The van der Waals surface area contributed by atoms with Gasteiger partial charge in [0.15, 0.2) is 9.84 Å². The summed E-state index contributed by atoms with van der Waals surface area (Å²) in [5, 5.41) is 8.99. The van der Waals surface area contributed by atoms with Crippen LogP contribution in [-0.4, -0.2) is 50.8 Å². The third-order valence-corrected chi connectivity index (χ3v) is 4.92. The average molecular weight is 299 g/mol. The predicted molar refractivity (Wildman–Crippen MR) is 78.0 cm³/mol. The van der Waals surface area contributed by atoms with Crippen LogP contribution in [0.5, 0.6) is 0 Å². The first-order valence-electron chi connectivity index (χ1n) is 6.51. The fraction of sp³-hybridized carbons (Fsp3) is 0.500. The number of rotatable bonds is 7. The molecule has 0 aliphatic heterocycles. The van der Waals surface area contributed by atoms with Crippen molar-refractivity contribution in [1.29, 1.82) is 0 Å². The van der Waals surface area contributed by atoms with E-state index in [4.69, 9.17) is 5.11 Å². The van der Waals surface area contributed by atoms with E-state index in [1.807, 2.05) is 25.9 Å². The fourth-order valence-corrected chi connectivity index (χ4v) is 3.60. The number of aryl methyl sites for hydroxylation is 1. The van der Waals surface area contributed by atoms with Gasteiger partial charge in [-0.05, 0) is 51.2 Å². The monoisotopic (exact) mass is 299 g/mol. The standard InChI is InChI=1S/C14H21NO4S/c1-4-11-6-7-12(14(16)17)10-13(11)20(18,19)9-5-8-15(2)3/h6-7,10H,4-5,8-9H2,1-3H3,(H,16,17). The number of sulfone groups is 1. The maximum atomic E-state index is 12.4.